The molecule has 1 aromatic rings. The maximum absolute atomic E-state index is 11.8. The van der Waals surface area contributed by atoms with E-state index in [0.717, 1.165) is 0 Å². The fourth-order valence-electron chi connectivity index (χ4n) is 1.88. The van der Waals surface area contributed by atoms with Gasteiger partial charge in [-0.2, -0.15) is 8.42 Å². The Kier molecular flexibility index (Phi) is 8.30. The largest absolute Gasteiger partial charge is 0.508 e. The highest BCUT2D eigenvalue weighted by Gasteiger charge is 2.34. The summed E-state index contributed by atoms with van der Waals surface area (Å²) in [4.78, 5) is 11.8. The monoisotopic (exact) mass is 392 g/mol. The Balaban J connectivity index is 2.55. The minimum absolute atomic E-state index is 0.0716. The molecule has 146 valence electrons. The number of phenolic OH excluding ortho intramolecular Hbond substituents is 1. The van der Waals surface area contributed by atoms with Crippen molar-refractivity contribution in [2.24, 2.45) is 0 Å². The standard InChI is InChI=1S/C15H20O10S/c16-10-6-4-9(5-7-10)2-1-3-11(17)13(19)15(21)14(20)12(18)8-25-26(22,23)24/h1-2,4-7,12-16,18-21H,3,8H2,(H,22,23,24)/b2-1+/t12-,13+,14-,15-/m1/s1. The number of rotatable bonds is 10. The van der Waals surface area contributed by atoms with Crippen LogP contribution in [0.5, 0.6) is 5.75 Å². The number of hydrogen-bond donors (Lipinski definition) is 6. The van der Waals surface area contributed by atoms with Gasteiger partial charge in [-0.3, -0.25) is 9.35 Å². The average molecular weight is 392 g/mol. The Morgan fingerprint density at radius 3 is 2.19 bits per heavy atom. The highest BCUT2D eigenvalue weighted by Crippen LogP contribution is 2.12. The molecule has 0 saturated heterocycles. The van der Waals surface area contributed by atoms with E-state index in [1.807, 2.05) is 0 Å². The molecule has 0 fully saturated rings. The van der Waals surface area contributed by atoms with E-state index in [9.17, 15) is 33.6 Å². The van der Waals surface area contributed by atoms with Crippen molar-refractivity contribution in [2.45, 2.75) is 30.8 Å². The number of carbonyl (C=O) groups is 1. The third-order valence-electron chi connectivity index (χ3n) is 3.31. The van der Waals surface area contributed by atoms with Crippen LogP contribution in [-0.4, -0.2) is 75.3 Å². The molecule has 11 heteroatoms. The molecule has 1 aromatic carbocycles. The minimum atomic E-state index is -4.86. The molecule has 0 radical (unpaired) electrons. The van der Waals surface area contributed by atoms with Crippen LogP contribution in [0.2, 0.25) is 0 Å². The molecule has 0 aliphatic rings. The number of hydrogen-bond acceptors (Lipinski definition) is 9. The maximum Gasteiger partial charge on any atom is 0.397 e. The Bertz CT molecular complexity index is 712. The second-order valence-corrected chi connectivity index (χ2v) is 6.46. The summed E-state index contributed by atoms with van der Waals surface area (Å²) >= 11 is 0. The van der Waals surface area contributed by atoms with Gasteiger partial charge in [0.05, 0.1) is 6.61 Å². The molecular formula is C15H20O10S. The van der Waals surface area contributed by atoms with Crippen molar-refractivity contribution in [1.29, 1.82) is 0 Å². The summed E-state index contributed by atoms with van der Waals surface area (Å²) in [5, 5.41) is 47.7. The van der Waals surface area contributed by atoms with Crippen LogP contribution in [0.15, 0.2) is 30.3 Å². The van der Waals surface area contributed by atoms with E-state index in [0.29, 0.717) is 5.56 Å². The van der Waals surface area contributed by atoms with Gasteiger partial charge in [-0.15, -0.1) is 0 Å². The van der Waals surface area contributed by atoms with E-state index in [2.05, 4.69) is 4.18 Å². The third-order valence-corrected chi connectivity index (χ3v) is 3.74. The van der Waals surface area contributed by atoms with Gasteiger partial charge in [-0.1, -0.05) is 24.3 Å². The fourth-order valence-corrected chi connectivity index (χ4v) is 2.19. The lowest BCUT2D eigenvalue weighted by molar-refractivity contribution is -0.145. The lowest BCUT2D eigenvalue weighted by Gasteiger charge is -2.25. The summed E-state index contributed by atoms with van der Waals surface area (Å²) in [6, 6.07) is 6.03. The molecule has 0 spiro atoms. The highest BCUT2D eigenvalue weighted by atomic mass is 32.3. The summed E-state index contributed by atoms with van der Waals surface area (Å²) in [5.41, 5.74) is 0.670. The van der Waals surface area contributed by atoms with Gasteiger partial charge in [0, 0.05) is 6.42 Å². The fraction of sp³-hybridized carbons (Fsp3) is 0.400. The molecule has 0 unspecified atom stereocenters. The van der Waals surface area contributed by atoms with E-state index in [1.165, 1.54) is 24.3 Å². The second-order valence-electron chi connectivity index (χ2n) is 5.37. The Morgan fingerprint density at radius 1 is 1.08 bits per heavy atom. The summed E-state index contributed by atoms with van der Waals surface area (Å²) in [6.45, 7) is -1.08. The Morgan fingerprint density at radius 2 is 1.65 bits per heavy atom. The van der Waals surface area contributed by atoms with Gasteiger partial charge in [-0.25, -0.2) is 4.18 Å². The number of aliphatic hydroxyl groups excluding tert-OH is 4. The number of ketones is 1. The lowest BCUT2D eigenvalue weighted by atomic mass is 9.99. The number of Topliss-reactive ketones (excluding diaryl/α,β-unsaturated/α-hetero) is 1. The van der Waals surface area contributed by atoms with Crippen molar-refractivity contribution >= 4 is 22.3 Å². The van der Waals surface area contributed by atoms with Crippen LogP contribution in [0.3, 0.4) is 0 Å². The second kappa shape index (κ2) is 9.73. The predicted molar refractivity (Wildman–Crippen MR) is 88.3 cm³/mol. The first kappa shape index (κ1) is 22.2. The van der Waals surface area contributed by atoms with E-state index >= 15 is 0 Å². The van der Waals surface area contributed by atoms with Crippen molar-refractivity contribution in [3.05, 3.63) is 35.9 Å². The molecule has 0 heterocycles. The van der Waals surface area contributed by atoms with Crippen molar-refractivity contribution in [1.82, 2.24) is 0 Å². The number of aliphatic hydroxyl groups is 4. The molecular weight excluding hydrogens is 372 g/mol. The van der Waals surface area contributed by atoms with Gasteiger partial charge in [0.1, 0.15) is 30.2 Å². The van der Waals surface area contributed by atoms with Gasteiger partial charge in [0.15, 0.2) is 5.78 Å². The predicted octanol–water partition coefficient (Wildman–Crippen LogP) is -1.37. The van der Waals surface area contributed by atoms with Gasteiger partial charge in [0.25, 0.3) is 0 Å². The molecule has 10 nitrogen and oxygen atoms in total. The molecule has 0 saturated carbocycles. The van der Waals surface area contributed by atoms with E-state index < -0.39 is 47.2 Å². The number of carbonyl (C=O) groups excluding carboxylic acids is 1. The molecule has 4 atom stereocenters. The molecule has 0 aromatic heterocycles. The van der Waals surface area contributed by atoms with Gasteiger partial charge in [0.2, 0.25) is 0 Å². The van der Waals surface area contributed by atoms with Crippen LogP contribution >= 0.6 is 0 Å². The van der Waals surface area contributed by atoms with Crippen molar-refractivity contribution < 1.29 is 47.5 Å². The van der Waals surface area contributed by atoms with Crippen molar-refractivity contribution in [3.8, 4) is 5.75 Å². The zero-order valence-corrected chi connectivity index (χ0v) is 14.2. The highest BCUT2D eigenvalue weighted by molar-refractivity contribution is 7.80. The van der Waals surface area contributed by atoms with Crippen LogP contribution in [0, 0.1) is 0 Å². The molecule has 1 rings (SSSR count). The van der Waals surface area contributed by atoms with Crippen LogP contribution in [0.1, 0.15) is 12.0 Å². The maximum atomic E-state index is 11.8. The number of allylic oxidation sites excluding steroid dienone is 1. The van der Waals surface area contributed by atoms with E-state index in [1.54, 1.807) is 12.1 Å². The molecule has 26 heavy (non-hydrogen) atoms. The molecule has 0 amide bonds. The molecule has 6 N–H and O–H groups in total. The van der Waals surface area contributed by atoms with Gasteiger partial charge >= 0.3 is 10.4 Å². The first-order valence-electron chi connectivity index (χ1n) is 7.33. The van der Waals surface area contributed by atoms with Crippen LogP contribution in [0.4, 0.5) is 0 Å². The Hall–Kier alpha value is -1.86. The molecule has 0 bridgehead atoms. The molecule has 0 aliphatic carbocycles. The van der Waals surface area contributed by atoms with E-state index in [4.69, 9.17) is 9.66 Å². The minimum Gasteiger partial charge on any atom is -0.508 e. The summed E-state index contributed by atoms with van der Waals surface area (Å²) in [6.07, 6.45) is -5.63. The van der Waals surface area contributed by atoms with Gasteiger partial charge in [-0.05, 0) is 17.7 Å². The van der Waals surface area contributed by atoms with Crippen LogP contribution < -0.4 is 0 Å². The average Bonchev–Trinajstić information content (AvgIpc) is 2.58. The Labute approximate surface area is 149 Å². The topological polar surface area (TPSA) is 182 Å². The number of aromatic hydroxyl groups is 1. The first-order valence-corrected chi connectivity index (χ1v) is 8.70. The van der Waals surface area contributed by atoms with Crippen LogP contribution in [0.25, 0.3) is 6.08 Å². The number of benzene rings is 1. The first-order chi connectivity index (χ1) is 12.0. The smallest absolute Gasteiger partial charge is 0.397 e. The molecule has 0 aliphatic heterocycles. The summed E-state index contributed by atoms with van der Waals surface area (Å²) in [7, 11) is -4.86. The summed E-state index contributed by atoms with van der Waals surface area (Å²) < 4.78 is 33.0. The normalized spacial score (nSPS) is 17.0. The van der Waals surface area contributed by atoms with Crippen molar-refractivity contribution in [2.75, 3.05) is 6.61 Å². The zero-order valence-electron chi connectivity index (χ0n) is 13.4. The number of phenols is 1. The zero-order chi connectivity index (χ0) is 19.9. The SMILES string of the molecule is O=C(C/C=C/c1ccc(O)cc1)[C@H](O)[C@@H](O)[C@H](O)[C@H](O)COS(=O)(=O)O. The van der Waals surface area contributed by atoms with Crippen molar-refractivity contribution in [3.63, 3.8) is 0 Å². The van der Waals surface area contributed by atoms with Crippen LogP contribution in [-0.2, 0) is 19.4 Å². The van der Waals surface area contributed by atoms with Gasteiger partial charge < -0.3 is 25.5 Å². The lowest BCUT2D eigenvalue weighted by Crippen LogP contribution is -2.49. The third kappa shape index (κ3) is 7.58. The summed E-state index contributed by atoms with van der Waals surface area (Å²) in [5.74, 6) is -0.795. The quantitative estimate of drug-likeness (QED) is 0.260. The van der Waals surface area contributed by atoms with E-state index in [-0.39, 0.29) is 12.2 Å².